The van der Waals surface area contributed by atoms with Gasteiger partial charge in [0.2, 0.25) is 0 Å². The third-order valence-corrected chi connectivity index (χ3v) is 1.65. The number of nitro groups is 1. The van der Waals surface area contributed by atoms with Crippen LogP contribution in [0.1, 0.15) is 15.9 Å². The van der Waals surface area contributed by atoms with E-state index in [0.29, 0.717) is 5.56 Å². The number of hydrogen-bond acceptors (Lipinski definition) is 3. The van der Waals surface area contributed by atoms with Crippen molar-refractivity contribution in [2.45, 2.75) is 6.92 Å². The van der Waals surface area contributed by atoms with Gasteiger partial charge in [0.25, 0.3) is 5.69 Å². The summed E-state index contributed by atoms with van der Waals surface area (Å²) in [5.41, 5.74) is -0.259. The molecular formula is C8H7NO4. The third kappa shape index (κ3) is 1.64. The minimum absolute atomic E-state index is 0.273. The summed E-state index contributed by atoms with van der Waals surface area (Å²) >= 11 is 0. The maximum absolute atomic E-state index is 10.6. The maximum atomic E-state index is 10.6. The standard InChI is InChI=1S/C8H7NO4/c1-5-3-2-4-6(8(10)11)7(5)9(12)13/h2-4H,1H3,(H,10,11)/i8+1. The van der Waals surface area contributed by atoms with E-state index >= 15 is 0 Å². The Morgan fingerprint density at radius 1 is 1.54 bits per heavy atom. The van der Waals surface area contributed by atoms with Crippen LogP contribution in [0.15, 0.2) is 18.2 Å². The van der Waals surface area contributed by atoms with Crippen molar-refractivity contribution in [3.05, 3.63) is 39.4 Å². The number of nitrogens with zero attached hydrogens (tertiary/aromatic N) is 1. The minimum Gasteiger partial charge on any atom is -0.477 e. The molecule has 0 aliphatic heterocycles. The number of para-hydroxylation sites is 1. The number of hydrogen-bond donors (Lipinski definition) is 1. The molecule has 0 saturated heterocycles. The molecule has 1 aromatic rings. The Labute approximate surface area is 73.8 Å². The molecule has 0 saturated carbocycles. The van der Waals surface area contributed by atoms with Crippen LogP contribution in [0.4, 0.5) is 5.69 Å². The van der Waals surface area contributed by atoms with Crippen LogP contribution >= 0.6 is 0 Å². The van der Waals surface area contributed by atoms with Gasteiger partial charge in [-0.3, -0.25) is 10.1 Å². The van der Waals surface area contributed by atoms with Gasteiger partial charge < -0.3 is 5.11 Å². The average Bonchev–Trinajstić information content (AvgIpc) is 2.02. The molecule has 0 aliphatic carbocycles. The number of rotatable bonds is 2. The molecule has 68 valence electrons. The predicted molar refractivity (Wildman–Crippen MR) is 44.8 cm³/mol. The van der Waals surface area contributed by atoms with E-state index in [0.717, 1.165) is 0 Å². The summed E-state index contributed by atoms with van der Waals surface area (Å²) in [6.07, 6.45) is 0. The number of aryl methyl sites for hydroxylation is 1. The molecule has 0 radical (unpaired) electrons. The van der Waals surface area contributed by atoms with Crippen LogP contribution in [-0.4, -0.2) is 16.0 Å². The number of nitro benzene ring substituents is 1. The zero-order valence-electron chi connectivity index (χ0n) is 6.85. The van der Waals surface area contributed by atoms with E-state index < -0.39 is 10.9 Å². The van der Waals surface area contributed by atoms with Gasteiger partial charge >= 0.3 is 5.97 Å². The zero-order chi connectivity index (χ0) is 10.0. The van der Waals surface area contributed by atoms with E-state index in [-0.39, 0.29) is 11.3 Å². The first kappa shape index (κ1) is 9.18. The van der Waals surface area contributed by atoms with E-state index in [4.69, 9.17) is 5.11 Å². The van der Waals surface area contributed by atoms with Crippen LogP contribution in [0.2, 0.25) is 0 Å². The van der Waals surface area contributed by atoms with Crippen LogP contribution < -0.4 is 0 Å². The summed E-state index contributed by atoms with van der Waals surface area (Å²) in [7, 11) is 0. The Kier molecular flexibility index (Phi) is 2.27. The molecule has 5 heteroatoms. The second kappa shape index (κ2) is 3.22. The van der Waals surface area contributed by atoms with Crippen molar-refractivity contribution in [1.82, 2.24) is 0 Å². The van der Waals surface area contributed by atoms with Crippen molar-refractivity contribution in [1.29, 1.82) is 0 Å². The molecule has 0 spiro atoms. The Morgan fingerprint density at radius 2 is 2.15 bits per heavy atom. The van der Waals surface area contributed by atoms with Gasteiger partial charge in [0, 0.05) is 5.56 Å². The van der Waals surface area contributed by atoms with Crippen LogP contribution in [0.25, 0.3) is 0 Å². The molecule has 0 bridgehead atoms. The lowest BCUT2D eigenvalue weighted by Crippen LogP contribution is -2.03. The number of aromatic carboxylic acids is 1. The van der Waals surface area contributed by atoms with E-state index in [1.165, 1.54) is 25.1 Å². The maximum Gasteiger partial charge on any atom is 0.342 e. The SMILES string of the molecule is Cc1cccc([13C](=O)O)c1[N+](=O)[O-]. The number of carbonyl (C=O) groups is 1. The quantitative estimate of drug-likeness (QED) is 0.428. The number of carboxylic acids is 1. The van der Waals surface area contributed by atoms with Crippen molar-refractivity contribution < 1.29 is 14.8 Å². The molecule has 0 amide bonds. The second-order valence-corrected chi connectivity index (χ2v) is 2.53. The van der Waals surface area contributed by atoms with Gasteiger partial charge in [-0.1, -0.05) is 12.1 Å². The highest BCUT2D eigenvalue weighted by Gasteiger charge is 2.21. The number of carboxylic acid groups (broad SMARTS) is 1. The lowest BCUT2D eigenvalue weighted by atomic mass is 10.1. The topological polar surface area (TPSA) is 80.4 Å². The third-order valence-electron chi connectivity index (χ3n) is 1.65. The van der Waals surface area contributed by atoms with E-state index in [9.17, 15) is 14.9 Å². The summed E-state index contributed by atoms with van der Waals surface area (Å²) in [6, 6.07) is 4.20. The van der Waals surface area contributed by atoms with Gasteiger partial charge in [0.15, 0.2) is 0 Å². The van der Waals surface area contributed by atoms with Crippen LogP contribution in [0.5, 0.6) is 0 Å². The molecule has 5 nitrogen and oxygen atoms in total. The van der Waals surface area contributed by atoms with Crippen molar-refractivity contribution in [2.75, 3.05) is 0 Å². The molecular weight excluding hydrogens is 175 g/mol. The summed E-state index contributed by atoms with van der Waals surface area (Å²) in [4.78, 5) is 20.4. The lowest BCUT2D eigenvalue weighted by molar-refractivity contribution is -0.385. The van der Waals surface area contributed by atoms with Gasteiger partial charge in [0.1, 0.15) is 5.56 Å². The fourth-order valence-corrected chi connectivity index (χ4v) is 1.07. The lowest BCUT2D eigenvalue weighted by Gasteiger charge is -1.99. The van der Waals surface area contributed by atoms with Gasteiger partial charge in [-0.25, -0.2) is 4.79 Å². The van der Waals surface area contributed by atoms with Crippen molar-refractivity contribution in [2.24, 2.45) is 0 Å². The van der Waals surface area contributed by atoms with Crippen molar-refractivity contribution in [3.63, 3.8) is 0 Å². The highest BCUT2D eigenvalue weighted by molar-refractivity contribution is 5.92. The van der Waals surface area contributed by atoms with Crippen molar-refractivity contribution in [3.8, 4) is 0 Å². The highest BCUT2D eigenvalue weighted by Crippen LogP contribution is 2.22. The molecule has 0 atom stereocenters. The summed E-state index contributed by atoms with van der Waals surface area (Å²) < 4.78 is 0. The normalized spacial score (nSPS) is 9.62. The van der Waals surface area contributed by atoms with E-state index in [1.54, 1.807) is 0 Å². The highest BCUT2D eigenvalue weighted by atomic mass is 16.6. The van der Waals surface area contributed by atoms with Gasteiger partial charge in [-0.15, -0.1) is 0 Å². The minimum atomic E-state index is -1.28. The summed E-state index contributed by atoms with van der Waals surface area (Å²) in [6.45, 7) is 1.50. The van der Waals surface area contributed by atoms with Gasteiger partial charge in [0.05, 0.1) is 4.92 Å². The first-order valence-corrected chi connectivity index (χ1v) is 3.51. The molecule has 1 aromatic carbocycles. The average molecular weight is 182 g/mol. The predicted octanol–water partition coefficient (Wildman–Crippen LogP) is 1.60. The second-order valence-electron chi connectivity index (χ2n) is 2.53. The molecule has 0 aromatic heterocycles. The molecule has 0 aliphatic rings. The Hall–Kier alpha value is -1.91. The fraction of sp³-hybridized carbons (Fsp3) is 0.125. The smallest absolute Gasteiger partial charge is 0.342 e. The van der Waals surface area contributed by atoms with Gasteiger partial charge in [-0.05, 0) is 13.0 Å². The van der Waals surface area contributed by atoms with Crippen LogP contribution in [-0.2, 0) is 0 Å². The van der Waals surface area contributed by atoms with E-state index in [2.05, 4.69) is 0 Å². The zero-order valence-corrected chi connectivity index (χ0v) is 6.85. The van der Waals surface area contributed by atoms with Crippen LogP contribution in [0, 0.1) is 17.0 Å². The summed E-state index contributed by atoms with van der Waals surface area (Å²) in [5, 5.41) is 19.1. The summed E-state index contributed by atoms with van der Waals surface area (Å²) in [5.74, 6) is -1.28. The molecule has 1 rings (SSSR count). The van der Waals surface area contributed by atoms with Crippen molar-refractivity contribution >= 4 is 11.7 Å². The monoisotopic (exact) mass is 182 g/mol. The van der Waals surface area contributed by atoms with Crippen LogP contribution in [0.3, 0.4) is 0 Å². The largest absolute Gasteiger partial charge is 0.477 e. The first-order valence-electron chi connectivity index (χ1n) is 3.51. The number of benzene rings is 1. The fourth-order valence-electron chi connectivity index (χ4n) is 1.07. The molecule has 13 heavy (non-hydrogen) atoms. The molecule has 1 N–H and O–H groups in total. The molecule has 0 heterocycles. The Bertz CT molecular complexity index is 372. The van der Waals surface area contributed by atoms with Gasteiger partial charge in [-0.2, -0.15) is 0 Å². The Morgan fingerprint density at radius 3 is 2.54 bits per heavy atom. The Balaban J connectivity index is 3.43. The molecule has 0 unspecified atom stereocenters. The first-order chi connectivity index (χ1) is 6.04. The van der Waals surface area contributed by atoms with E-state index in [1.807, 2.05) is 0 Å². The molecule has 0 fully saturated rings.